The second kappa shape index (κ2) is 10.8. The van der Waals surface area contributed by atoms with Crippen molar-refractivity contribution in [3.05, 3.63) is 54.1 Å². The average molecular weight is 497 g/mol. The Hall–Kier alpha value is -2.96. The summed E-state index contributed by atoms with van der Waals surface area (Å²) >= 11 is 0. The highest BCUT2D eigenvalue weighted by molar-refractivity contribution is 7.92. The van der Waals surface area contributed by atoms with Crippen LogP contribution in [0.1, 0.15) is 23.7 Å². The van der Waals surface area contributed by atoms with Crippen molar-refractivity contribution in [1.29, 1.82) is 0 Å². The molecule has 0 aliphatic heterocycles. The molecule has 0 aromatic heterocycles. The van der Waals surface area contributed by atoms with Crippen molar-refractivity contribution in [1.82, 2.24) is 9.62 Å². The molecular weight excluding hydrogens is 468 g/mol. The van der Waals surface area contributed by atoms with Gasteiger partial charge in [-0.2, -0.15) is 0 Å². The zero-order chi connectivity index (χ0) is 24.8. The summed E-state index contributed by atoms with van der Waals surface area (Å²) in [6.45, 7) is 1.82. The minimum Gasteiger partial charge on any atom is -0.352 e. The molecule has 33 heavy (non-hydrogen) atoms. The van der Waals surface area contributed by atoms with Gasteiger partial charge in [0.1, 0.15) is 6.54 Å². The third-order valence-corrected chi connectivity index (χ3v) is 7.54. The molecule has 2 amide bonds. The number of nitrogens with zero attached hydrogens (tertiary/aromatic N) is 2. The number of carbonyl (C=O) groups excluding carboxylic acids is 2. The smallest absolute Gasteiger partial charge is 0.253 e. The minimum atomic E-state index is -3.88. The maximum Gasteiger partial charge on any atom is 0.253 e. The summed E-state index contributed by atoms with van der Waals surface area (Å²) in [6, 6.07) is 11.6. The average Bonchev–Trinajstić information content (AvgIpc) is 2.75. The number of sulfonamides is 2. The lowest BCUT2D eigenvalue weighted by molar-refractivity contribution is -0.114. The largest absolute Gasteiger partial charge is 0.352 e. The summed E-state index contributed by atoms with van der Waals surface area (Å²) in [4.78, 5) is 25.0. The van der Waals surface area contributed by atoms with E-state index < -0.39 is 32.5 Å². The van der Waals surface area contributed by atoms with Gasteiger partial charge in [0, 0.05) is 20.6 Å². The standard InChI is InChI=1S/C21H28N4O6S2/c1-5-14-22-21(27)18-8-6-7-9-19(18)23-20(26)15-25(32(4,28)29)16-10-12-17(13-11-16)33(30,31)24(2)3/h6-13H,5,14-15H2,1-4H3,(H,22,27)(H,23,26). The molecule has 0 aliphatic rings. The van der Waals surface area contributed by atoms with E-state index in [0.717, 1.165) is 21.3 Å². The zero-order valence-corrected chi connectivity index (χ0v) is 20.5. The molecule has 0 radical (unpaired) electrons. The summed E-state index contributed by atoms with van der Waals surface area (Å²) in [5.74, 6) is -1.02. The number of benzene rings is 2. The molecule has 12 heteroatoms. The highest BCUT2D eigenvalue weighted by Gasteiger charge is 2.23. The van der Waals surface area contributed by atoms with Crippen LogP contribution >= 0.6 is 0 Å². The number of hydrogen-bond acceptors (Lipinski definition) is 6. The van der Waals surface area contributed by atoms with Crippen molar-refractivity contribution >= 4 is 43.2 Å². The fraction of sp³-hybridized carbons (Fsp3) is 0.333. The fourth-order valence-electron chi connectivity index (χ4n) is 2.84. The fourth-order valence-corrected chi connectivity index (χ4v) is 4.60. The topological polar surface area (TPSA) is 133 Å². The summed E-state index contributed by atoms with van der Waals surface area (Å²) in [5.41, 5.74) is 0.625. The number of amides is 2. The molecule has 2 rings (SSSR count). The molecule has 2 aromatic rings. The van der Waals surface area contributed by atoms with Gasteiger partial charge < -0.3 is 10.6 Å². The predicted molar refractivity (Wildman–Crippen MR) is 127 cm³/mol. The molecule has 2 aromatic carbocycles. The Morgan fingerprint density at radius 3 is 2.09 bits per heavy atom. The molecule has 0 aliphatic carbocycles. The van der Waals surface area contributed by atoms with E-state index in [-0.39, 0.29) is 27.7 Å². The molecule has 0 saturated heterocycles. The second-order valence-electron chi connectivity index (χ2n) is 7.40. The molecule has 0 unspecified atom stereocenters. The Bertz CT molecular complexity index is 1210. The third kappa shape index (κ3) is 6.76. The van der Waals surface area contributed by atoms with Crippen LogP contribution in [0.15, 0.2) is 53.4 Å². The highest BCUT2D eigenvalue weighted by atomic mass is 32.2. The lowest BCUT2D eigenvalue weighted by Gasteiger charge is -2.22. The van der Waals surface area contributed by atoms with Gasteiger partial charge in [0.15, 0.2) is 0 Å². The van der Waals surface area contributed by atoms with Crippen molar-refractivity contribution in [2.75, 3.05) is 43.1 Å². The van der Waals surface area contributed by atoms with E-state index in [0.29, 0.717) is 6.54 Å². The van der Waals surface area contributed by atoms with Gasteiger partial charge in [-0.1, -0.05) is 19.1 Å². The molecule has 0 atom stereocenters. The van der Waals surface area contributed by atoms with Crippen LogP contribution in [-0.2, 0) is 24.8 Å². The van der Waals surface area contributed by atoms with E-state index in [2.05, 4.69) is 10.6 Å². The van der Waals surface area contributed by atoms with Crippen LogP contribution in [0.5, 0.6) is 0 Å². The van der Waals surface area contributed by atoms with Crippen LogP contribution in [-0.4, -0.2) is 66.4 Å². The molecule has 180 valence electrons. The van der Waals surface area contributed by atoms with Crippen LogP contribution in [0.4, 0.5) is 11.4 Å². The van der Waals surface area contributed by atoms with Crippen LogP contribution in [0.3, 0.4) is 0 Å². The maximum atomic E-state index is 12.7. The molecule has 0 bridgehead atoms. The third-order valence-electron chi connectivity index (χ3n) is 4.57. The summed E-state index contributed by atoms with van der Waals surface area (Å²) < 4.78 is 51.1. The van der Waals surface area contributed by atoms with Gasteiger partial charge in [-0.05, 0) is 42.8 Å². The first kappa shape index (κ1) is 26.3. The predicted octanol–water partition coefficient (Wildman–Crippen LogP) is 1.48. The SMILES string of the molecule is CCCNC(=O)c1ccccc1NC(=O)CN(c1ccc(S(=O)(=O)N(C)C)cc1)S(C)(=O)=O. The van der Waals surface area contributed by atoms with E-state index >= 15 is 0 Å². The maximum absolute atomic E-state index is 12.7. The molecule has 0 heterocycles. The van der Waals surface area contributed by atoms with Gasteiger partial charge in [0.2, 0.25) is 26.0 Å². The summed E-state index contributed by atoms with van der Waals surface area (Å²) in [6.07, 6.45) is 1.69. The summed E-state index contributed by atoms with van der Waals surface area (Å²) in [5, 5.41) is 5.31. The van der Waals surface area contributed by atoms with Crippen LogP contribution in [0, 0.1) is 0 Å². The second-order valence-corrected chi connectivity index (χ2v) is 11.5. The molecule has 0 fully saturated rings. The molecule has 0 spiro atoms. The molecular formula is C21H28N4O6S2. The summed E-state index contributed by atoms with van der Waals surface area (Å²) in [7, 11) is -4.79. The number of para-hydroxylation sites is 1. The minimum absolute atomic E-state index is 0.0128. The molecule has 2 N–H and O–H groups in total. The van der Waals surface area contributed by atoms with Gasteiger partial charge in [-0.15, -0.1) is 0 Å². The van der Waals surface area contributed by atoms with E-state index in [1.807, 2.05) is 6.92 Å². The van der Waals surface area contributed by atoms with E-state index in [4.69, 9.17) is 0 Å². The van der Waals surface area contributed by atoms with Gasteiger partial charge in [-0.3, -0.25) is 13.9 Å². The Labute approximate surface area is 194 Å². The Morgan fingerprint density at radius 2 is 1.55 bits per heavy atom. The number of nitrogens with one attached hydrogen (secondary N) is 2. The van der Waals surface area contributed by atoms with Crippen molar-refractivity contribution in [3.63, 3.8) is 0 Å². The van der Waals surface area contributed by atoms with Crippen molar-refractivity contribution in [2.24, 2.45) is 0 Å². The first-order chi connectivity index (χ1) is 15.4. The Morgan fingerprint density at radius 1 is 0.939 bits per heavy atom. The lowest BCUT2D eigenvalue weighted by atomic mass is 10.1. The molecule has 10 nitrogen and oxygen atoms in total. The van der Waals surface area contributed by atoms with Crippen LogP contribution < -0.4 is 14.9 Å². The monoisotopic (exact) mass is 496 g/mol. The van der Waals surface area contributed by atoms with Gasteiger partial charge in [0.25, 0.3) is 5.91 Å². The first-order valence-electron chi connectivity index (χ1n) is 10.0. The van der Waals surface area contributed by atoms with Crippen LogP contribution in [0.25, 0.3) is 0 Å². The van der Waals surface area contributed by atoms with Gasteiger partial charge in [0.05, 0.1) is 28.1 Å². The Kier molecular flexibility index (Phi) is 8.58. The highest BCUT2D eigenvalue weighted by Crippen LogP contribution is 2.22. The van der Waals surface area contributed by atoms with E-state index in [1.165, 1.54) is 38.4 Å². The quantitative estimate of drug-likeness (QED) is 0.512. The Balaban J connectivity index is 2.26. The van der Waals surface area contributed by atoms with Crippen molar-refractivity contribution < 1.29 is 26.4 Å². The number of carbonyl (C=O) groups is 2. The number of anilines is 2. The normalized spacial score (nSPS) is 11.8. The van der Waals surface area contributed by atoms with Crippen LogP contribution in [0.2, 0.25) is 0 Å². The number of rotatable bonds is 10. The lowest BCUT2D eigenvalue weighted by Crippen LogP contribution is -2.37. The molecule has 0 saturated carbocycles. The van der Waals surface area contributed by atoms with E-state index in [9.17, 15) is 26.4 Å². The zero-order valence-electron chi connectivity index (χ0n) is 18.9. The number of hydrogen-bond donors (Lipinski definition) is 2. The van der Waals surface area contributed by atoms with Crippen molar-refractivity contribution in [2.45, 2.75) is 18.2 Å². The van der Waals surface area contributed by atoms with Gasteiger partial charge in [-0.25, -0.2) is 21.1 Å². The van der Waals surface area contributed by atoms with Gasteiger partial charge >= 0.3 is 0 Å². The van der Waals surface area contributed by atoms with E-state index in [1.54, 1.807) is 24.3 Å². The first-order valence-corrected chi connectivity index (χ1v) is 13.3. The van der Waals surface area contributed by atoms with Crippen molar-refractivity contribution in [3.8, 4) is 0 Å².